The van der Waals surface area contributed by atoms with Crippen molar-refractivity contribution in [1.82, 2.24) is 15.2 Å². The standard InChI is InChI=1S/C12H13FN4/c13-10-4-6-17(8-10)12-2-1-9(7-14-12)11-3-5-15-16-11/h1-3,5,7,10H,4,6,8H2,(H,15,16)/t10-/m0/s1. The summed E-state index contributed by atoms with van der Waals surface area (Å²) in [5, 5.41) is 6.78. The zero-order valence-corrected chi connectivity index (χ0v) is 9.31. The van der Waals surface area contributed by atoms with Crippen molar-refractivity contribution in [2.24, 2.45) is 0 Å². The normalized spacial score (nSPS) is 19.8. The predicted molar refractivity (Wildman–Crippen MR) is 63.5 cm³/mol. The van der Waals surface area contributed by atoms with E-state index in [2.05, 4.69) is 15.2 Å². The molecule has 3 rings (SSSR count). The van der Waals surface area contributed by atoms with Crippen LogP contribution in [0.2, 0.25) is 0 Å². The van der Waals surface area contributed by atoms with Crippen molar-refractivity contribution in [3.8, 4) is 11.3 Å². The summed E-state index contributed by atoms with van der Waals surface area (Å²) in [5.74, 6) is 0.841. The lowest BCUT2D eigenvalue weighted by Gasteiger charge is -2.16. The molecule has 1 saturated heterocycles. The third-order valence-corrected chi connectivity index (χ3v) is 3.01. The van der Waals surface area contributed by atoms with Crippen LogP contribution in [0.3, 0.4) is 0 Å². The molecule has 0 aromatic carbocycles. The Morgan fingerprint density at radius 2 is 2.29 bits per heavy atom. The summed E-state index contributed by atoms with van der Waals surface area (Å²) in [6, 6.07) is 5.79. The molecule has 1 aliphatic rings. The van der Waals surface area contributed by atoms with Crippen LogP contribution < -0.4 is 4.90 Å². The van der Waals surface area contributed by atoms with Crippen LogP contribution in [0.15, 0.2) is 30.6 Å². The van der Waals surface area contributed by atoms with Crippen LogP contribution in [-0.4, -0.2) is 34.4 Å². The number of nitrogens with zero attached hydrogens (tertiary/aromatic N) is 3. The van der Waals surface area contributed by atoms with E-state index in [1.54, 1.807) is 12.4 Å². The third kappa shape index (κ3) is 2.00. The third-order valence-electron chi connectivity index (χ3n) is 3.01. The molecule has 4 nitrogen and oxygen atoms in total. The van der Waals surface area contributed by atoms with E-state index in [1.807, 2.05) is 23.1 Å². The van der Waals surface area contributed by atoms with Gasteiger partial charge in [-0.2, -0.15) is 5.10 Å². The summed E-state index contributed by atoms with van der Waals surface area (Å²) in [6.07, 6.45) is 3.37. The minimum atomic E-state index is -0.718. The van der Waals surface area contributed by atoms with Crippen LogP contribution in [0.4, 0.5) is 10.2 Å². The topological polar surface area (TPSA) is 44.8 Å². The van der Waals surface area contributed by atoms with Crippen molar-refractivity contribution in [2.45, 2.75) is 12.6 Å². The summed E-state index contributed by atoms with van der Waals surface area (Å²) >= 11 is 0. The SMILES string of the molecule is F[C@H]1CCN(c2ccc(-c3ccn[nH]3)cn2)C1. The Morgan fingerprint density at radius 1 is 1.35 bits per heavy atom. The van der Waals surface area contributed by atoms with Gasteiger partial charge in [0, 0.05) is 24.5 Å². The largest absolute Gasteiger partial charge is 0.354 e. The molecule has 1 atom stereocenters. The average molecular weight is 232 g/mol. The maximum atomic E-state index is 13.1. The highest BCUT2D eigenvalue weighted by Crippen LogP contribution is 2.22. The Balaban J connectivity index is 1.81. The van der Waals surface area contributed by atoms with E-state index in [0.717, 1.165) is 23.6 Å². The number of rotatable bonds is 2. The van der Waals surface area contributed by atoms with Gasteiger partial charge in [-0.3, -0.25) is 5.10 Å². The first-order valence-electron chi connectivity index (χ1n) is 5.68. The lowest BCUT2D eigenvalue weighted by atomic mass is 10.2. The van der Waals surface area contributed by atoms with Gasteiger partial charge in [-0.25, -0.2) is 9.37 Å². The Labute approximate surface area is 98.5 Å². The molecule has 17 heavy (non-hydrogen) atoms. The van der Waals surface area contributed by atoms with Gasteiger partial charge in [0.2, 0.25) is 0 Å². The van der Waals surface area contributed by atoms with Crippen LogP contribution in [0.25, 0.3) is 11.3 Å². The molecule has 1 N–H and O–H groups in total. The highest BCUT2D eigenvalue weighted by atomic mass is 19.1. The smallest absolute Gasteiger partial charge is 0.128 e. The average Bonchev–Trinajstić information content (AvgIpc) is 3.00. The molecular formula is C12H13FN4. The van der Waals surface area contributed by atoms with Crippen molar-refractivity contribution in [1.29, 1.82) is 0 Å². The Kier molecular flexibility index (Phi) is 2.51. The zero-order valence-electron chi connectivity index (χ0n) is 9.31. The number of anilines is 1. The van der Waals surface area contributed by atoms with E-state index in [-0.39, 0.29) is 0 Å². The van der Waals surface area contributed by atoms with Gasteiger partial charge < -0.3 is 4.90 Å². The van der Waals surface area contributed by atoms with E-state index in [4.69, 9.17) is 0 Å². The van der Waals surface area contributed by atoms with Crippen LogP contribution in [0.1, 0.15) is 6.42 Å². The number of alkyl halides is 1. The summed E-state index contributed by atoms with van der Waals surface area (Å²) in [6.45, 7) is 1.20. The monoisotopic (exact) mass is 232 g/mol. The fourth-order valence-electron chi connectivity index (χ4n) is 2.07. The van der Waals surface area contributed by atoms with E-state index >= 15 is 0 Å². The van der Waals surface area contributed by atoms with Gasteiger partial charge in [-0.05, 0) is 24.6 Å². The van der Waals surface area contributed by atoms with Crippen molar-refractivity contribution in [2.75, 3.05) is 18.0 Å². The Hall–Kier alpha value is -1.91. The minimum absolute atomic E-state index is 0.455. The van der Waals surface area contributed by atoms with E-state index < -0.39 is 6.17 Å². The van der Waals surface area contributed by atoms with Gasteiger partial charge in [0.05, 0.1) is 12.2 Å². The van der Waals surface area contributed by atoms with Crippen molar-refractivity contribution in [3.63, 3.8) is 0 Å². The quantitative estimate of drug-likeness (QED) is 0.861. The Bertz CT molecular complexity index is 480. The number of aromatic nitrogens is 3. The minimum Gasteiger partial charge on any atom is -0.354 e. The molecule has 88 valence electrons. The first-order chi connectivity index (χ1) is 8.33. The van der Waals surface area contributed by atoms with E-state index in [9.17, 15) is 4.39 Å². The first-order valence-corrected chi connectivity index (χ1v) is 5.68. The molecule has 0 amide bonds. The maximum absolute atomic E-state index is 13.1. The van der Waals surface area contributed by atoms with Crippen LogP contribution in [0.5, 0.6) is 0 Å². The van der Waals surface area contributed by atoms with Gasteiger partial charge in [0.25, 0.3) is 0 Å². The molecule has 2 aromatic rings. The summed E-state index contributed by atoms with van der Waals surface area (Å²) in [4.78, 5) is 6.34. The second-order valence-corrected chi connectivity index (χ2v) is 4.21. The molecular weight excluding hydrogens is 219 g/mol. The molecule has 3 heterocycles. The number of pyridine rings is 1. The number of hydrogen-bond acceptors (Lipinski definition) is 3. The lowest BCUT2D eigenvalue weighted by molar-refractivity contribution is 0.364. The highest BCUT2D eigenvalue weighted by molar-refractivity contribution is 5.59. The Morgan fingerprint density at radius 3 is 2.88 bits per heavy atom. The first kappa shape index (κ1) is 10.3. The molecule has 0 spiro atoms. The number of hydrogen-bond donors (Lipinski definition) is 1. The molecule has 1 fully saturated rings. The van der Waals surface area contributed by atoms with Gasteiger partial charge in [0.15, 0.2) is 0 Å². The van der Waals surface area contributed by atoms with Gasteiger partial charge >= 0.3 is 0 Å². The van der Waals surface area contributed by atoms with Crippen molar-refractivity contribution in [3.05, 3.63) is 30.6 Å². The fraction of sp³-hybridized carbons (Fsp3) is 0.333. The second kappa shape index (κ2) is 4.16. The van der Waals surface area contributed by atoms with Gasteiger partial charge in [0.1, 0.15) is 12.0 Å². The number of halogens is 1. The predicted octanol–water partition coefficient (Wildman–Crippen LogP) is 2.02. The van der Waals surface area contributed by atoms with Crippen molar-refractivity contribution < 1.29 is 4.39 Å². The molecule has 0 unspecified atom stereocenters. The second-order valence-electron chi connectivity index (χ2n) is 4.21. The van der Waals surface area contributed by atoms with Gasteiger partial charge in [-0.1, -0.05) is 0 Å². The molecule has 1 aliphatic heterocycles. The number of nitrogens with one attached hydrogen (secondary N) is 1. The molecule has 0 saturated carbocycles. The van der Waals surface area contributed by atoms with Crippen LogP contribution >= 0.6 is 0 Å². The van der Waals surface area contributed by atoms with E-state index in [0.29, 0.717) is 13.0 Å². The van der Waals surface area contributed by atoms with Crippen LogP contribution in [-0.2, 0) is 0 Å². The molecule has 5 heteroatoms. The van der Waals surface area contributed by atoms with E-state index in [1.165, 1.54) is 0 Å². The zero-order chi connectivity index (χ0) is 11.7. The molecule has 0 radical (unpaired) electrons. The molecule has 0 aliphatic carbocycles. The summed E-state index contributed by atoms with van der Waals surface area (Å²) in [5.41, 5.74) is 1.93. The molecule has 2 aromatic heterocycles. The van der Waals surface area contributed by atoms with Crippen LogP contribution in [0, 0.1) is 0 Å². The molecule has 0 bridgehead atoms. The van der Waals surface area contributed by atoms with Crippen molar-refractivity contribution >= 4 is 5.82 Å². The number of aromatic amines is 1. The fourth-order valence-corrected chi connectivity index (χ4v) is 2.07. The maximum Gasteiger partial charge on any atom is 0.128 e. The van der Waals surface area contributed by atoms with Gasteiger partial charge in [-0.15, -0.1) is 0 Å². The lowest BCUT2D eigenvalue weighted by Crippen LogP contribution is -2.20. The summed E-state index contributed by atoms with van der Waals surface area (Å²) in [7, 11) is 0. The highest BCUT2D eigenvalue weighted by Gasteiger charge is 2.22. The summed E-state index contributed by atoms with van der Waals surface area (Å²) < 4.78 is 13.1. The number of H-pyrrole nitrogens is 1.